The van der Waals surface area contributed by atoms with E-state index in [0.29, 0.717) is 12.0 Å². The van der Waals surface area contributed by atoms with Crippen LogP contribution in [0, 0.1) is 17.7 Å². The number of hydrogen-bond donors (Lipinski definition) is 1. The molecule has 0 aliphatic rings. The average molecular weight is 274 g/mol. The molecule has 0 saturated heterocycles. The van der Waals surface area contributed by atoms with Crippen LogP contribution in [0.5, 0.6) is 5.75 Å². The molecule has 0 aliphatic carbocycles. The monoisotopic (exact) mass is 274 g/mol. The third-order valence-electron chi connectivity index (χ3n) is 2.55. The molecular formula is C15H15FN2O2. The molecule has 20 heavy (non-hydrogen) atoms. The zero-order valence-corrected chi connectivity index (χ0v) is 11.1. The molecule has 0 fully saturated rings. The molecule has 0 spiro atoms. The summed E-state index contributed by atoms with van der Waals surface area (Å²) >= 11 is 0. The Morgan fingerprint density at radius 3 is 2.95 bits per heavy atom. The van der Waals surface area contributed by atoms with E-state index >= 15 is 0 Å². The van der Waals surface area contributed by atoms with Gasteiger partial charge >= 0.3 is 0 Å². The van der Waals surface area contributed by atoms with Gasteiger partial charge in [0.1, 0.15) is 6.61 Å². The fourth-order valence-electron chi connectivity index (χ4n) is 1.60. The number of aliphatic hydroxyl groups excluding tert-OH is 1. The van der Waals surface area contributed by atoms with Gasteiger partial charge in [-0.2, -0.15) is 5.10 Å². The number of ether oxygens (including phenoxy) is 1. The summed E-state index contributed by atoms with van der Waals surface area (Å²) in [4.78, 5) is 0. The van der Waals surface area contributed by atoms with Crippen molar-refractivity contribution in [1.82, 2.24) is 9.78 Å². The van der Waals surface area contributed by atoms with E-state index in [-0.39, 0.29) is 19.0 Å². The van der Waals surface area contributed by atoms with Crippen LogP contribution in [0.15, 0.2) is 30.5 Å². The molecule has 0 aliphatic heterocycles. The van der Waals surface area contributed by atoms with E-state index in [0.717, 1.165) is 5.69 Å². The van der Waals surface area contributed by atoms with Crippen molar-refractivity contribution in [2.24, 2.45) is 7.05 Å². The number of aliphatic hydroxyl groups is 1. The first-order valence-electron chi connectivity index (χ1n) is 6.19. The smallest absolute Gasteiger partial charge is 0.165 e. The topological polar surface area (TPSA) is 47.3 Å². The molecule has 5 heteroatoms. The highest BCUT2D eigenvalue weighted by molar-refractivity contribution is 5.40. The van der Waals surface area contributed by atoms with Crippen molar-refractivity contribution < 1.29 is 14.2 Å². The summed E-state index contributed by atoms with van der Waals surface area (Å²) < 4.78 is 20.7. The van der Waals surface area contributed by atoms with Gasteiger partial charge in [-0.3, -0.25) is 4.68 Å². The molecule has 104 valence electrons. The number of aromatic nitrogens is 2. The Bertz CT molecular complexity index is 641. The highest BCUT2D eigenvalue weighted by atomic mass is 19.1. The summed E-state index contributed by atoms with van der Waals surface area (Å²) in [7, 11) is 1.81. The summed E-state index contributed by atoms with van der Waals surface area (Å²) in [6.07, 6.45) is 2.19. The highest BCUT2D eigenvalue weighted by Gasteiger charge is 2.05. The zero-order valence-electron chi connectivity index (χ0n) is 11.1. The molecule has 0 amide bonds. The van der Waals surface area contributed by atoms with Crippen LogP contribution in [-0.2, 0) is 13.7 Å². The molecule has 1 aromatic carbocycles. The maximum Gasteiger partial charge on any atom is 0.165 e. The Hall–Kier alpha value is -2.32. The quantitative estimate of drug-likeness (QED) is 0.866. The van der Waals surface area contributed by atoms with Gasteiger partial charge in [-0.25, -0.2) is 4.39 Å². The van der Waals surface area contributed by atoms with E-state index < -0.39 is 5.82 Å². The van der Waals surface area contributed by atoms with Gasteiger partial charge < -0.3 is 9.84 Å². The Kier molecular flexibility index (Phi) is 4.75. The SMILES string of the molecule is Cn1ccc(COc2cc(C#CCCO)ccc2F)n1. The third-order valence-corrected chi connectivity index (χ3v) is 2.55. The molecule has 0 atom stereocenters. The molecule has 1 heterocycles. The minimum Gasteiger partial charge on any atom is -0.484 e. The van der Waals surface area contributed by atoms with Crippen molar-refractivity contribution in [2.75, 3.05) is 6.61 Å². The summed E-state index contributed by atoms with van der Waals surface area (Å²) in [5.41, 5.74) is 1.37. The normalized spacial score (nSPS) is 9.95. The molecule has 0 unspecified atom stereocenters. The van der Waals surface area contributed by atoms with Gasteiger partial charge in [0.15, 0.2) is 11.6 Å². The summed E-state index contributed by atoms with van der Waals surface area (Å²) in [5, 5.41) is 12.8. The number of benzene rings is 1. The lowest BCUT2D eigenvalue weighted by Crippen LogP contribution is -1.99. The van der Waals surface area contributed by atoms with Crippen LogP contribution < -0.4 is 4.74 Å². The van der Waals surface area contributed by atoms with E-state index in [1.807, 2.05) is 6.07 Å². The second-order valence-corrected chi connectivity index (χ2v) is 4.19. The van der Waals surface area contributed by atoms with E-state index in [1.165, 1.54) is 6.07 Å². The van der Waals surface area contributed by atoms with Crippen molar-refractivity contribution in [1.29, 1.82) is 0 Å². The van der Waals surface area contributed by atoms with Gasteiger partial charge in [0.25, 0.3) is 0 Å². The molecular weight excluding hydrogens is 259 g/mol. The molecule has 2 aromatic rings. The zero-order chi connectivity index (χ0) is 14.4. The predicted octanol–water partition coefficient (Wildman–Crippen LogP) is 1.87. The van der Waals surface area contributed by atoms with Crippen molar-refractivity contribution in [3.05, 3.63) is 47.5 Å². The lowest BCUT2D eigenvalue weighted by Gasteiger charge is -2.06. The Labute approximate surface area is 116 Å². The molecule has 0 radical (unpaired) electrons. The number of rotatable bonds is 4. The van der Waals surface area contributed by atoms with Crippen LogP contribution in [0.3, 0.4) is 0 Å². The number of hydrogen-bond acceptors (Lipinski definition) is 3. The van der Waals surface area contributed by atoms with Gasteiger partial charge in [0.05, 0.1) is 12.3 Å². The second kappa shape index (κ2) is 6.73. The van der Waals surface area contributed by atoms with Crippen molar-refractivity contribution in [3.8, 4) is 17.6 Å². The number of nitrogens with zero attached hydrogens (tertiary/aromatic N) is 2. The lowest BCUT2D eigenvalue weighted by atomic mass is 10.2. The summed E-state index contributed by atoms with van der Waals surface area (Å²) in [5.74, 6) is 5.33. The first kappa shape index (κ1) is 14.1. The van der Waals surface area contributed by atoms with E-state index in [4.69, 9.17) is 9.84 Å². The number of aryl methyl sites for hydroxylation is 1. The van der Waals surface area contributed by atoms with Crippen molar-refractivity contribution in [2.45, 2.75) is 13.0 Å². The minimum absolute atomic E-state index is 0.0111. The minimum atomic E-state index is -0.436. The Morgan fingerprint density at radius 2 is 2.25 bits per heavy atom. The number of halogens is 1. The second-order valence-electron chi connectivity index (χ2n) is 4.19. The van der Waals surface area contributed by atoms with Gasteiger partial charge in [0, 0.05) is 25.2 Å². The fourth-order valence-corrected chi connectivity index (χ4v) is 1.60. The molecule has 0 bridgehead atoms. The average Bonchev–Trinajstić information content (AvgIpc) is 2.85. The van der Waals surface area contributed by atoms with Crippen LogP contribution in [-0.4, -0.2) is 21.5 Å². The largest absolute Gasteiger partial charge is 0.484 e. The van der Waals surface area contributed by atoms with Crippen LogP contribution in [0.25, 0.3) is 0 Å². The van der Waals surface area contributed by atoms with Crippen molar-refractivity contribution >= 4 is 0 Å². The van der Waals surface area contributed by atoms with Crippen LogP contribution in [0.4, 0.5) is 4.39 Å². The maximum atomic E-state index is 13.6. The highest BCUT2D eigenvalue weighted by Crippen LogP contribution is 2.19. The predicted molar refractivity (Wildman–Crippen MR) is 72.5 cm³/mol. The van der Waals surface area contributed by atoms with Crippen LogP contribution >= 0.6 is 0 Å². The Balaban J connectivity index is 2.07. The molecule has 2 rings (SSSR count). The molecule has 1 aromatic heterocycles. The first-order chi connectivity index (χ1) is 9.69. The van der Waals surface area contributed by atoms with E-state index in [2.05, 4.69) is 16.9 Å². The molecule has 0 saturated carbocycles. The molecule has 4 nitrogen and oxygen atoms in total. The van der Waals surface area contributed by atoms with E-state index in [1.54, 1.807) is 30.1 Å². The van der Waals surface area contributed by atoms with Crippen molar-refractivity contribution in [3.63, 3.8) is 0 Å². The first-order valence-corrected chi connectivity index (χ1v) is 6.19. The van der Waals surface area contributed by atoms with Crippen LogP contribution in [0.2, 0.25) is 0 Å². The standard InChI is InChI=1S/C15H15FN2O2/c1-18-8-7-13(17-18)11-20-15-10-12(4-2-3-9-19)5-6-14(15)16/h5-8,10,19H,3,9,11H2,1H3. The van der Waals surface area contributed by atoms with Gasteiger partial charge in [-0.1, -0.05) is 11.8 Å². The van der Waals surface area contributed by atoms with Gasteiger partial charge in [0.2, 0.25) is 0 Å². The van der Waals surface area contributed by atoms with E-state index in [9.17, 15) is 4.39 Å². The summed E-state index contributed by atoms with van der Waals surface area (Å²) in [6, 6.07) is 6.25. The summed E-state index contributed by atoms with van der Waals surface area (Å²) in [6.45, 7) is 0.211. The van der Waals surface area contributed by atoms with Gasteiger partial charge in [-0.05, 0) is 24.3 Å². The molecule has 1 N–H and O–H groups in total. The Morgan fingerprint density at radius 1 is 1.40 bits per heavy atom. The third kappa shape index (κ3) is 3.84. The van der Waals surface area contributed by atoms with Crippen LogP contribution in [0.1, 0.15) is 17.7 Å². The maximum absolute atomic E-state index is 13.6. The fraction of sp³-hybridized carbons (Fsp3) is 0.267. The van der Waals surface area contributed by atoms with Gasteiger partial charge in [-0.15, -0.1) is 0 Å². The lowest BCUT2D eigenvalue weighted by molar-refractivity contribution is 0.285.